The molecule has 0 aliphatic carbocycles. The Morgan fingerprint density at radius 1 is 1.44 bits per heavy atom. The van der Waals surface area contributed by atoms with Gasteiger partial charge in [-0.1, -0.05) is 18.0 Å². The van der Waals surface area contributed by atoms with Crippen LogP contribution in [0.3, 0.4) is 0 Å². The molecule has 1 aliphatic heterocycles. The summed E-state index contributed by atoms with van der Waals surface area (Å²) in [5, 5.41) is 3.96. The standard InChI is InChI=1S/C13H20ClN3O/c1-10-9-12(14)17-13(16-10)18-8-4-6-11-5-2-3-7-15-11/h9,11,15H,2-8H2,1H3. The van der Waals surface area contributed by atoms with Gasteiger partial charge < -0.3 is 10.1 Å². The van der Waals surface area contributed by atoms with Gasteiger partial charge in [0.05, 0.1) is 6.61 Å². The number of piperidine rings is 1. The van der Waals surface area contributed by atoms with Crippen LogP contribution in [0.5, 0.6) is 6.01 Å². The topological polar surface area (TPSA) is 47.0 Å². The lowest BCUT2D eigenvalue weighted by Gasteiger charge is -2.23. The Bertz CT molecular complexity index is 360. The number of hydrogen-bond acceptors (Lipinski definition) is 4. The van der Waals surface area contributed by atoms with Gasteiger partial charge in [-0.2, -0.15) is 4.98 Å². The second kappa shape index (κ2) is 6.90. The number of ether oxygens (including phenoxy) is 1. The number of aryl methyl sites for hydroxylation is 1. The zero-order chi connectivity index (χ0) is 12.8. The van der Waals surface area contributed by atoms with E-state index in [9.17, 15) is 0 Å². The summed E-state index contributed by atoms with van der Waals surface area (Å²) in [6.45, 7) is 3.69. The van der Waals surface area contributed by atoms with E-state index in [1.807, 2.05) is 6.92 Å². The Morgan fingerprint density at radius 2 is 2.33 bits per heavy atom. The molecule has 2 heterocycles. The summed E-state index contributed by atoms with van der Waals surface area (Å²) in [6, 6.07) is 2.77. The van der Waals surface area contributed by atoms with Gasteiger partial charge in [0.25, 0.3) is 0 Å². The predicted octanol–water partition coefficient (Wildman–Crippen LogP) is 2.74. The largest absolute Gasteiger partial charge is 0.463 e. The van der Waals surface area contributed by atoms with Crippen molar-refractivity contribution in [1.29, 1.82) is 0 Å². The lowest BCUT2D eigenvalue weighted by atomic mass is 10.0. The SMILES string of the molecule is Cc1cc(Cl)nc(OCCCC2CCCCN2)n1. The molecule has 0 radical (unpaired) electrons. The third-order valence-electron chi connectivity index (χ3n) is 3.14. The molecule has 1 aromatic rings. The van der Waals surface area contributed by atoms with Gasteiger partial charge in [-0.25, -0.2) is 4.98 Å². The van der Waals surface area contributed by atoms with Gasteiger partial charge in [-0.05, 0) is 45.2 Å². The van der Waals surface area contributed by atoms with Crippen LogP contribution in [0.4, 0.5) is 0 Å². The van der Waals surface area contributed by atoms with E-state index in [1.54, 1.807) is 6.07 Å². The highest BCUT2D eigenvalue weighted by atomic mass is 35.5. The number of nitrogens with one attached hydrogen (secondary N) is 1. The third kappa shape index (κ3) is 4.42. The molecule has 1 saturated heterocycles. The average Bonchev–Trinajstić information content (AvgIpc) is 2.35. The van der Waals surface area contributed by atoms with Gasteiger partial charge in [-0.15, -0.1) is 0 Å². The Labute approximate surface area is 113 Å². The first kappa shape index (κ1) is 13.6. The minimum atomic E-state index is 0.386. The molecule has 100 valence electrons. The van der Waals surface area contributed by atoms with Gasteiger partial charge in [0.2, 0.25) is 0 Å². The van der Waals surface area contributed by atoms with E-state index in [2.05, 4.69) is 15.3 Å². The van der Waals surface area contributed by atoms with Crippen molar-refractivity contribution < 1.29 is 4.74 Å². The Morgan fingerprint density at radius 3 is 3.06 bits per heavy atom. The molecule has 2 rings (SSSR count). The zero-order valence-electron chi connectivity index (χ0n) is 10.8. The molecule has 0 bridgehead atoms. The summed E-state index contributed by atoms with van der Waals surface area (Å²) in [4.78, 5) is 8.22. The van der Waals surface area contributed by atoms with Crippen LogP contribution in [0.25, 0.3) is 0 Å². The second-order valence-electron chi connectivity index (χ2n) is 4.75. The van der Waals surface area contributed by atoms with Crippen molar-refractivity contribution in [3.8, 4) is 6.01 Å². The van der Waals surface area contributed by atoms with E-state index in [0.29, 0.717) is 23.8 Å². The van der Waals surface area contributed by atoms with E-state index in [0.717, 1.165) is 25.1 Å². The molecular formula is C13H20ClN3O. The van der Waals surface area contributed by atoms with Gasteiger partial charge in [0.15, 0.2) is 0 Å². The number of rotatable bonds is 5. The first-order valence-corrected chi connectivity index (χ1v) is 6.99. The molecule has 18 heavy (non-hydrogen) atoms. The Hall–Kier alpha value is -0.870. The van der Waals surface area contributed by atoms with E-state index < -0.39 is 0 Å². The number of nitrogens with zero attached hydrogens (tertiary/aromatic N) is 2. The van der Waals surface area contributed by atoms with Crippen molar-refractivity contribution in [1.82, 2.24) is 15.3 Å². The minimum Gasteiger partial charge on any atom is -0.463 e. The lowest BCUT2D eigenvalue weighted by molar-refractivity contribution is 0.266. The van der Waals surface area contributed by atoms with Crippen LogP contribution in [0, 0.1) is 6.92 Å². The highest BCUT2D eigenvalue weighted by Gasteiger charge is 2.11. The van der Waals surface area contributed by atoms with Gasteiger partial charge >= 0.3 is 6.01 Å². The summed E-state index contributed by atoms with van der Waals surface area (Å²) >= 11 is 5.84. The molecule has 0 amide bonds. The number of halogens is 1. The van der Waals surface area contributed by atoms with Gasteiger partial charge in [-0.3, -0.25) is 0 Å². The molecule has 1 atom stereocenters. The van der Waals surface area contributed by atoms with Crippen LogP contribution in [0.15, 0.2) is 6.07 Å². The first-order chi connectivity index (χ1) is 8.74. The summed E-state index contributed by atoms with van der Waals surface area (Å²) in [6.07, 6.45) is 6.11. The van der Waals surface area contributed by atoms with Crippen molar-refractivity contribution in [3.63, 3.8) is 0 Å². The van der Waals surface area contributed by atoms with Crippen LogP contribution in [-0.2, 0) is 0 Å². The summed E-state index contributed by atoms with van der Waals surface area (Å²) in [5.41, 5.74) is 0.832. The molecule has 5 heteroatoms. The van der Waals surface area contributed by atoms with E-state index in [-0.39, 0.29) is 0 Å². The smallest absolute Gasteiger partial charge is 0.318 e. The summed E-state index contributed by atoms with van der Waals surface area (Å²) < 4.78 is 5.52. The van der Waals surface area contributed by atoms with Crippen LogP contribution in [0.2, 0.25) is 5.15 Å². The number of aromatic nitrogens is 2. The van der Waals surface area contributed by atoms with E-state index in [1.165, 1.54) is 19.3 Å². The summed E-state index contributed by atoms with van der Waals surface area (Å²) in [5.74, 6) is 0. The Kier molecular flexibility index (Phi) is 5.20. The maximum absolute atomic E-state index is 5.84. The van der Waals surface area contributed by atoms with Crippen molar-refractivity contribution in [2.45, 2.75) is 45.1 Å². The van der Waals surface area contributed by atoms with Crippen LogP contribution in [0.1, 0.15) is 37.8 Å². The quantitative estimate of drug-likeness (QED) is 0.660. The van der Waals surface area contributed by atoms with Crippen LogP contribution < -0.4 is 10.1 Å². The fourth-order valence-electron chi connectivity index (χ4n) is 2.23. The molecule has 0 spiro atoms. The normalized spacial score (nSPS) is 19.8. The van der Waals surface area contributed by atoms with Crippen molar-refractivity contribution in [2.75, 3.05) is 13.2 Å². The summed E-state index contributed by atoms with van der Waals surface area (Å²) in [7, 11) is 0. The van der Waals surface area contributed by atoms with Crippen molar-refractivity contribution in [2.24, 2.45) is 0 Å². The molecule has 1 aromatic heterocycles. The predicted molar refractivity (Wildman–Crippen MR) is 72.1 cm³/mol. The molecule has 1 N–H and O–H groups in total. The Balaban J connectivity index is 1.68. The van der Waals surface area contributed by atoms with Crippen molar-refractivity contribution in [3.05, 3.63) is 16.9 Å². The highest BCUT2D eigenvalue weighted by Crippen LogP contribution is 2.14. The average molecular weight is 270 g/mol. The van der Waals surface area contributed by atoms with Crippen molar-refractivity contribution >= 4 is 11.6 Å². The fourth-order valence-corrected chi connectivity index (χ4v) is 2.46. The van der Waals surface area contributed by atoms with Crippen LogP contribution >= 0.6 is 11.6 Å². The van der Waals surface area contributed by atoms with Crippen LogP contribution in [-0.4, -0.2) is 29.2 Å². The molecule has 4 nitrogen and oxygen atoms in total. The molecule has 0 aromatic carbocycles. The third-order valence-corrected chi connectivity index (χ3v) is 3.34. The zero-order valence-corrected chi connectivity index (χ0v) is 11.5. The lowest BCUT2D eigenvalue weighted by Crippen LogP contribution is -2.34. The molecule has 1 aliphatic rings. The highest BCUT2D eigenvalue weighted by molar-refractivity contribution is 6.29. The van der Waals surface area contributed by atoms with Gasteiger partial charge in [0, 0.05) is 11.7 Å². The molecule has 0 saturated carbocycles. The van der Waals surface area contributed by atoms with Gasteiger partial charge in [0.1, 0.15) is 5.15 Å². The monoisotopic (exact) mass is 269 g/mol. The molecule has 1 fully saturated rings. The maximum Gasteiger partial charge on any atom is 0.318 e. The fraction of sp³-hybridized carbons (Fsp3) is 0.692. The second-order valence-corrected chi connectivity index (χ2v) is 5.14. The molecular weight excluding hydrogens is 250 g/mol. The first-order valence-electron chi connectivity index (χ1n) is 6.61. The van der Waals surface area contributed by atoms with E-state index in [4.69, 9.17) is 16.3 Å². The number of hydrogen-bond donors (Lipinski definition) is 1. The molecule has 1 unspecified atom stereocenters. The minimum absolute atomic E-state index is 0.386. The maximum atomic E-state index is 5.84. The van der Waals surface area contributed by atoms with E-state index >= 15 is 0 Å².